The summed E-state index contributed by atoms with van der Waals surface area (Å²) in [5, 5.41) is 15.0. The normalized spacial score (nSPS) is 13.2. The third-order valence-electron chi connectivity index (χ3n) is 5.56. The molecule has 0 aliphatic heterocycles. The zero-order valence-corrected chi connectivity index (χ0v) is 18.4. The van der Waals surface area contributed by atoms with E-state index in [1.54, 1.807) is 0 Å². The Morgan fingerprint density at radius 2 is 1.81 bits per heavy atom. The lowest BCUT2D eigenvalue weighted by Crippen LogP contribution is -2.26. The zero-order valence-electron chi connectivity index (χ0n) is 17.6. The number of rotatable bonds is 8. The van der Waals surface area contributed by atoms with E-state index in [1.165, 1.54) is 0 Å². The molecule has 1 aliphatic rings. The Morgan fingerprint density at radius 1 is 1.09 bits per heavy atom. The molecule has 0 radical (unpaired) electrons. The van der Waals surface area contributed by atoms with Crippen LogP contribution >= 0.6 is 12.2 Å². The SMILES string of the molecule is O=C(NCCc1n[nH]c(=S)n1C1CC1)c1cn(Cc2ccccc2)nc1-c1ccccc1. The van der Waals surface area contributed by atoms with E-state index in [0.717, 1.165) is 29.8 Å². The second kappa shape index (κ2) is 8.92. The summed E-state index contributed by atoms with van der Waals surface area (Å²) in [7, 11) is 0. The van der Waals surface area contributed by atoms with E-state index in [2.05, 4.69) is 32.2 Å². The Balaban J connectivity index is 1.34. The Hall–Kier alpha value is -3.52. The van der Waals surface area contributed by atoms with Crippen LogP contribution in [0.4, 0.5) is 0 Å². The van der Waals surface area contributed by atoms with Gasteiger partial charge in [-0.15, -0.1) is 0 Å². The predicted molar refractivity (Wildman–Crippen MR) is 125 cm³/mol. The van der Waals surface area contributed by atoms with Crippen LogP contribution in [0, 0.1) is 4.77 Å². The minimum Gasteiger partial charge on any atom is -0.351 e. The summed E-state index contributed by atoms with van der Waals surface area (Å²) >= 11 is 5.34. The van der Waals surface area contributed by atoms with E-state index < -0.39 is 0 Å². The molecular weight excluding hydrogens is 420 g/mol. The number of aromatic nitrogens is 5. The zero-order chi connectivity index (χ0) is 21.9. The van der Waals surface area contributed by atoms with E-state index in [4.69, 9.17) is 17.3 Å². The first-order chi connectivity index (χ1) is 15.7. The number of hydrogen-bond acceptors (Lipinski definition) is 4. The topological polar surface area (TPSA) is 80.5 Å². The first kappa shape index (κ1) is 20.4. The minimum atomic E-state index is -0.143. The van der Waals surface area contributed by atoms with Crippen LogP contribution in [0.2, 0.25) is 0 Å². The lowest BCUT2D eigenvalue weighted by atomic mass is 10.1. The lowest BCUT2D eigenvalue weighted by Gasteiger charge is -2.07. The highest BCUT2D eigenvalue weighted by atomic mass is 32.1. The van der Waals surface area contributed by atoms with Crippen molar-refractivity contribution in [3.63, 3.8) is 0 Å². The Bertz CT molecular complexity index is 1270. The minimum absolute atomic E-state index is 0.143. The predicted octanol–water partition coefficient (Wildman–Crippen LogP) is 4.16. The van der Waals surface area contributed by atoms with Gasteiger partial charge in [0.2, 0.25) is 0 Å². The molecule has 2 heterocycles. The van der Waals surface area contributed by atoms with Gasteiger partial charge in [-0.25, -0.2) is 0 Å². The highest BCUT2D eigenvalue weighted by molar-refractivity contribution is 7.71. The molecule has 0 spiro atoms. The number of H-pyrrole nitrogens is 1. The maximum absolute atomic E-state index is 13.1. The molecule has 5 rings (SSSR count). The van der Waals surface area contributed by atoms with E-state index >= 15 is 0 Å². The number of carbonyl (C=O) groups is 1. The van der Waals surface area contributed by atoms with Gasteiger partial charge >= 0.3 is 0 Å². The molecule has 32 heavy (non-hydrogen) atoms. The van der Waals surface area contributed by atoms with Crippen LogP contribution in [0.25, 0.3) is 11.3 Å². The first-order valence-electron chi connectivity index (χ1n) is 10.8. The number of nitrogens with zero attached hydrogens (tertiary/aromatic N) is 4. The van der Waals surface area contributed by atoms with E-state index in [0.29, 0.717) is 41.6 Å². The van der Waals surface area contributed by atoms with Crippen molar-refractivity contribution in [3.05, 3.63) is 88.6 Å². The third-order valence-corrected chi connectivity index (χ3v) is 5.85. The van der Waals surface area contributed by atoms with Crippen molar-refractivity contribution >= 4 is 18.1 Å². The van der Waals surface area contributed by atoms with Gasteiger partial charge in [-0.3, -0.25) is 14.6 Å². The summed E-state index contributed by atoms with van der Waals surface area (Å²) in [6, 6.07) is 20.3. The van der Waals surface area contributed by atoms with Gasteiger partial charge in [0, 0.05) is 30.8 Å². The molecule has 1 aliphatic carbocycles. The fourth-order valence-electron chi connectivity index (χ4n) is 3.85. The summed E-state index contributed by atoms with van der Waals surface area (Å²) < 4.78 is 4.56. The molecule has 0 unspecified atom stereocenters. The van der Waals surface area contributed by atoms with Crippen molar-refractivity contribution in [1.29, 1.82) is 0 Å². The van der Waals surface area contributed by atoms with Crippen LogP contribution < -0.4 is 5.32 Å². The van der Waals surface area contributed by atoms with Gasteiger partial charge < -0.3 is 9.88 Å². The monoisotopic (exact) mass is 444 g/mol. The van der Waals surface area contributed by atoms with Gasteiger partial charge in [0.05, 0.1) is 12.1 Å². The number of aromatic amines is 1. The van der Waals surface area contributed by atoms with Crippen molar-refractivity contribution < 1.29 is 4.79 Å². The number of nitrogens with one attached hydrogen (secondary N) is 2. The van der Waals surface area contributed by atoms with Gasteiger partial charge in [-0.2, -0.15) is 10.2 Å². The van der Waals surface area contributed by atoms with Crippen LogP contribution in [-0.4, -0.2) is 37.0 Å². The number of benzene rings is 2. The molecule has 0 atom stereocenters. The number of amides is 1. The summed E-state index contributed by atoms with van der Waals surface area (Å²) in [6.45, 7) is 1.08. The highest BCUT2D eigenvalue weighted by Crippen LogP contribution is 2.35. The van der Waals surface area contributed by atoms with Crippen molar-refractivity contribution in [2.75, 3.05) is 6.54 Å². The average molecular weight is 445 g/mol. The second-order valence-corrected chi connectivity index (χ2v) is 8.38. The first-order valence-corrected chi connectivity index (χ1v) is 11.2. The van der Waals surface area contributed by atoms with Crippen LogP contribution in [-0.2, 0) is 13.0 Å². The van der Waals surface area contributed by atoms with Crippen LogP contribution in [0.5, 0.6) is 0 Å². The Morgan fingerprint density at radius 3 is 2.53 bits per heavy atom. The van der Waals surface area contributed by atoms with Crippen molar-refractivity contribution in [3.8, 4) is 11.3 Å². The molecular formula is C24H24N6OS. The van der Waals surface area contributed by atoms with Gasteiger partial charge in [0.15, 0.2) is 4.77 Å². The average Bonchev–Trinajstić information content (AvgIpc) is 3.46. The molecule has 4 aromatic rings. The summed E-state index contributed by atoms with van der Waals surface area (Å²) in [5.74, 6) is 0.746. The maximum Gasteiger partial charge on any atom is 0.255 e. The molecule has 1 fully saturated rings. The fourth-order valence-corrected chi connectivity index (χ4v) is 4.15. The molecule has 0 bridgehead atoms. The van der Waals surface area contributed by atoms with Crippen LogP contribution in [0.1, 0.15) is 40.6 Å². The second-order valence-electron chi connectivity index (χ2n) is 7.99. The van der Waals surface area contributed by atoms with Crippen LogP contribution in [0.3, 0.4) is 0 Å². The van der Waals surface area contributed by atoms with Gasteiger partial charge in [-0.05, 0) is 30.6 Å². The number of hydrogen-bond donors (Lipinski definition) is 2. The molecule has 0 saturated heterocycles. The Labute approximate surface area is 191 Å². The van der Waals surface area contributed by atoms with E-state index in [1.807, 2.05) is 59.4 Å². The van der Waals surface area contributed by atoms with Crippen molar-refractivity contribution in [1.82, 2.24) is 29.9 Å². The summed E-state index contributed by atoms with van der Waals surface area (Å²) in [4.78, 5) is 13.1. The molecule has 2 aromatic heterocycles. The van der Waals surface area contributed by atoms with Crippen molar-refractivity contribution in [2.24, 2.45) is 0 Å². The molecule has 8 heteroatoms. The molecule has 2 aromatic carbocycles. The maximum atomic E-state index is 13.1. The summed E-state index contributed by atoms with van der Waals surface area (Å²) in [5.41, 5.74) is 3.29. The molecule has 1 saturated carbocycles. The van der Waals surface area contributed by atoms with Crippen molar-refractivity contribution in [2.45, 2.75) is 31.8 Å². The van der Waals surface area contributed by atoms with Crippen LogP contribution in [0.15, 0.2) is 66.9 Å². The lowest BCUT2D eigenvalue weighted by molar-refractivity contribution is 0.0954. The van der Waals surface area contributed by atoms with Gasteiger partial charge in [0.25, 0.3) is 5.91 Å². The largest absolute Gasteiger partial charge is 0.351 e. The molecule has 1 amide bonds. The molecule has 2 N–H and O–H groups in total. The fraction of sp³-hybridized carbons (Fsp3) is 0.250. The van der Waals surface area contributed by atoms with Gasteiger partial charge in [-0.1, -0.05) is 60.7 Å². The van der Waals surface area contributed by atoms with E-state index in [-0.39, 0.29) is 5.91 Å². The molecule has 162 valence electrons. The molecule has 7 nitrogen and oxygen atoms in total. The highest BCUT2D eigenvalue weighted by Gasteiger charge is 2.27. The summed E-state index contributed by atoms with van der Waals surface area (Å²) in [6.07, 6.45) is 4.71. The Kier molecular flexibility index (Phi) is 5.68. The number of carbonyl (C=O) groups excluding carboxylic acids is 1. The van der Waals surface area contributed by atoms with E-state index in [9.17, 15) is 4.79 Å². The standard InChI is InChI=1S/C24H24N6OS/c31-23(25-14-13-21-26-27-24(32)30(21)19-11-12-19)20-16-29(15-17-7-3-1-4-8-17)28-22(20)18-9-5-2-6-10-18/h1-10,16,19H,11-15H2,(H,25,31)(H,27,32). The van der Waals surface area contributed by atoms with Gasteiger partial charge in [0.1, 0.15) is 11.5 Å². The third kappa shape index (κ3) is 4.40. The smallest absolute Gasteiger partial charge is 0.255 e. The quantitative estimate of drug-likeness (QED) is 0.400.